The number of nitrogens with zero attached hydrogens (tertiary/aromatic N) is 5. The van der Waals surface area contributed by atoms with Crippen LogP contribution < -0.4 is 9.80 Å². The second-order valence-electron chi connectivity index (χ2n) is 10.1. The maximum absolute atomic E-state index is 9.85. The molecule has 1 aromatic carbocycles. The highest BCUT2D eigenvalue weighted by Crippen LogP contribution is 2.45. The van der Waals surface area contributed by atoms with Crippen LogP contribution in [0.2, 0.25) is 0 Å². The molecular formula is C27H31N5O2S. The first-order chi connectivity index (χ1) is 17.0. The Balaban J connectivity index is 1.54. The molecule has 2 aliphatic rings. The summed E-state index contributed by atoms with van der Waals surface area (Å²) in [6.45, 7) is 8.23. The van der Waals surface area contributed by atoms with Crippen molar-refractivity contribution in [3.63, 3.8) is 0 Å². The average molecular weight is 490 g/mol. The van der Waals surface area contributed by atoms with Gasteiger partial charge in [-0.1, -0.05) is 30.3 Å². The molecule has 1 fully saturated rings. The Morgan fingerprint density at radius 3 is 2.69 bits per heavy atom. The van der Waals surface area contributed by atoms with Crippen LogP contribution in [0, 0.1) is 0 Å². The first-order valence-electron chi connectivity index (χ1n) is 12.4. The van der Waals surface area contributed by atoms with E-state index in [-0.39, 0.29) is 12.2 Å². The Labute approximate surface area is 209 Å². The zero-order chi connectivity index (χ0) is 24.0. The summed E-state index contributed by atoms with van der Waals surface area (Å²) < 4.78 is 7.29. The van der Waals surface area contributed by atoms with Gasteiger partial charge in [0.1, 0.15) is 17.0 Å². The highest BCUT2D eigenvalue weighted by Gasteiger charge is 2.33. The van der Waals surface area contributed by atoms with E-state index in [4.69, 9.17) is 19.7 Å². The van der Waals surface area contributed by atoms with E-state index in [1.165, 1.54) is 29.5 Å². The van der Waals surface area contributed by atoms with Crippen LogP contribution in [0.25, 0.3) is 20.4 Å². The molecule has 1 N–H and O–H groups in total. The molecule has 1 saturated heterocycles. The number of anilines is 2. The van der Waals surface area contributed by atoms with Gasteiger partial charge in [-0.15, -0.1) is 11.3 Å². The normalized spacial score (nSPS) is 17.3. The molecule has 0 aliphatic carbocycles. The molecule has 0 saturated carbocycles. The van der Waals surface area contributed by atoms with Gasteiger partial charge in [-0.3, -0.25) is 0 Å². The Hall–Kier alpha value is -2.81. The van der Waals surface area contributed by atoms with E-state index in [2.05, 4.69) is 35.8 Å². The van der Waals surface area contributed by atoms with Crippen molar-refractivity contribution >= 4 is 43.4 Å². The summed E-state index contributed by atoms with van der Waals surface area (Å²) in [5.74, 6) is 1.94. The lowest BCUT2D eigenvalue weighted by molar-refractivity contribution is -0.0395. The fraction of sp³-hybridized carbons (Fsp3) is 0.444. The molecule has 0 atom stereocenters. The fourth-order valence-corrected chi connectivity index (χ4v) is 6.55. The molecule has 0 radical (unpaired) electrons. The SMILES string of the molecule is CC1(C)Cc2c(c(N3CCCC3)nc3sc4c(N(CCO)Cc5ccccc5)ncnc4c23)CO1. The number of ether oxygens (including phenoxy) is 1. The van der Waals surface area contributed by atoms with Crippen LogP contribution in [0.1, 0.15) is 43.4 Å². The zero-order valence-corrected chi connectivity index (χ0v) is 21.1. The van der Waals surface area contributed by atoms with Crippen LogP contribution in [0.3, 0.4) is 0 Å². The Bertz CT molecular complexity index is 1360. The van der Waals surface area contributed by atoms with Gasteiger partial charge in [0.2, 0.25) is 0 Å². The van der Waals surface area contributed by atoms with Crippen LogP contribution >= 0.6 is 11.3 Å². The van der Waals surface area contributed by atoms with E-state index >= 15 is 0 Å². The van der Waals surface area contributed by atoms with Gasteiger partial charge in [0.15, 0.2) is 5.82 Å². The summed E-state index contributed by atoms with van der Waals surface area (Å²) in [4.78, 5) is 20.3. The Morgan fingerprint density at radius 2 is 1.91 bits per heavy atom. The minimum atomic E-state index is -0.232. The van der Waals surface area contributed by atoms with E-state index in [9.17, 15) is 5.11 Å². The Kier molecular flexibility index (Phi) is 5.82. The molecule has 8 heteroatoms. The number of benzene rings is 1. The number of hydrogen-bond donors (Lipinski definition) is 1. The van der Waals surface area contributed by atoms with Crippen molar-refractivity contribution in [2.45, 2.75) is 51.9 Å². The third-order valence-corrected chi connectivity index (χ3v) is 8.15. The van der Waals surface area contributed by atoms with Crippen LogP contribution in [0.15, 0.2) is 36.7 Å². The predicted molar refractivity (Wildman–Crippen MR) is 141 cm³/mol. The van der Waals surface area contributed by atoms with Crippen molar-refractivity contribution < 1.29 is 9.84 Å². The number of thiophene rings is 1. The quantitative estimate of drug-likeness (QED) is 0.421. The standard InChI is InChI=1S/C27H31N5O2S/c1-27(2)14-19-20(16-34-27)24(31-10-6-7-11-31)30-26-21(19)22-23(35-26)25(29-17-28-22)32(12-13-33)15-18-8-4-3-5-9-18/h3-5,8-9,17,33H,6-7,10-16H2,1-2H3. The summed E-state index contributed by atoms with van der Waals surface area (Å²) in [6, 6.07) is 10.3. The minimum absolute atomic E-state index is 0.0571. The molecule has 0 spiro atoms. The van der Waals surface area contributed by atoms with Gasteiger partial charge < -0.3 is 19.6 Å². The van der Waals surface area contributed by atoms with Crippen molar-refractivity contribution in [2.75, 3.05) is 36.0 Å². The van der Waals surface area contributed by atoms with Crippen molar-refractivity contribution in [2.24, 2.45) is 0 Å². The van der Waals surface area contributed by atoms with Gasteiger partial charge in [-0.2, -0.15) is 0 Å². The number of hydrogen-bond acceptors (Lipinski definition) is 8. The van der Waals surface area contributed by atoms with Crippen molar-refractivity contribution in [3.8, 4) is 0 Å². The van der Waals surface area contributed by atoms with Gasteiger partial charge in [0, 0.05) is 43.5 Å². The molecule has 5 heterocycles. The van der Waals surface area contributed by atoms with Gasteiger partial charge in [-0.05, 0) is 37.8 Å². The molecule has 3 aromatic heterocycles. The van der Waals surface area contributed by atoms with Crippen LogP contribution in [-0.4, -0.2) is 51.9 Å². The summed E-state index contributed by atoms with van der Waals surface area (Å²) in [6.07, 6.45) is 4.90. The van der Waals surface area contributed by atoms with Gasteiger partial charge in [-0.25, -0.2) is 15.0 Å². The molecule has 2 aliphatic heterocycles. The number of aliphatic hydroxyl groups excluding tert-OH is 1. The van der Waals surface area contributed by atoms with E-state index in [1.54, 1.807) is 17.7 Å². The van der Waals surface area contributed by atoms with Crippen LogP contribution in [-0.2, 0) is 24.3 Å². The molecule has 0 unspecified atom stereocenters. The summed E-state index contributed by atoms with van der Waals surface area (Å²) >= 11 is 1.67. The topological polar surface area (TPSA) is 74.6 Å². The second-order valence-corrected chi connectivity index (χ2v) is 11.1. The first-order valence-corrected chi connectivity index (χ1v) is 13.2. The number of pyridine rings is 1. The summed E-state index contributed by atoms with van der Waals surface area (Å²) in [5, 5.41) is 11.0. The maximum Gasteiger partial charge on any atom is 0.150 e. The number of rotatable bonds is 6. The number of aromatic nitrogens is 3. The lowest BCUT2D eigenvalue weighted by Gasteiger charge is -2.34. The van der Waals surface area contributed by atoms with Crippen LogP contribution in [0.5, 0.6) is 0 Å². The monoisotopic (exact) mass is 489 g/mol. The number of fused-ring (bicyclic) bond motifs is 5. The smallest absolute Gasteiger partial charge is 0.150 e. The van der Waals surface area contributed by atoms with Crippen LogP contribution in [0.4, 0.5) is 11.6 Å². The minimum Gasteiger partial charge on any atom is -0.395 e. The lowest BCUT2D eigenvalue weighted by atomic mass is 9.90. The van der Waals surface area contributed by atoms with E-state index in [0.717, 1.165) is 51.6 Å². The largest absolute Gasteiger partial charge is 0.395 e. The molecule has 7 nitrogen and oxygen atoms in total. The molecule has 35 heavy (non-hydrogen) atoms. The van der Waals surface area contributed by atoms with Crippen molar-refractivity contribution in [1.82, 2.24) is 15.0 Å². The number of aliphatic hydroxyl groups is 1. The average Bonchev–Trinajstić information content (AvgIpc) is 3.51. The third-order valence-electron chi connectivity index (χ3n) is 7.08. The van der Waals surface area contributed by atoms with Gasteiger partial charge in [0.05, 0.1) is 29.0 Å². The summed E-state index contributed by atoms with van der Waals surface area (Å²) in [7, 11) is 0. The molecular weight excluding hydrogens is 458 g/mol. The molecule has 0 amide bonds. The maximum atomic E-state index is 9.85. The predicted octanol–water partition coefficient (Wildman–Crippen LogP) is 4.69. The van der Waals surface area contributed by atoms with Crippen molar-refractivity contribution in [1.29, 1.82) is 0 Å². The molecule has 0 bridgehead atoms. The van der Waals surface area contributed by atoms with E-state index < -0.39 is 0 Å². The fourth-order valence-electron chi connectivity index (χ4n) is 5.38. The third kappa shape index (κ3) is 4.13. The highest BCUT2D eigenvalue weighted by atomic mass is 32.1. The molecule has 6 rings (SSSR count). The van der Waals surface area contributed by atoms with E-state index in [0.29, 0.717) is 19.7 Å². The van der Waals surface area contributed by atoms with Gasteiger partial charge in [0.25, 0.3) is 0 Å². The van der Waals surface area contributed by atoms with E-state index in [1.807, 2.05) is 18.2 Å². The van der Waals surface area contributed by atoms with Crippen molar-refractivity contribution in [3.05, 3.63) is 53.3 Å². The highest BCUT2D eigenvalue weighted by molar-refractivity contribution is 7.26. The second kappa shape index (κ2) is 9.00. The molecule has 182 valence electrons. The zero-order valence-electron chi connectivity index (χ0n) is 20.3. The summed E-state index contributed by atoms with van der Waals surface area (Å²) in [5.41, 5.74) is 4.44. The lowest BCUT2D eigenvalue weighted by Crippen LogP contribution is -2.33. The first kappa shape index (κ1) is 22.6. The molecule has 4 aromatic rings. The Morgan fingerprint density at radius 1 is 1.11 bits per heavy atom. The van der Waals surface area contributed by atoms with Gasteiger partial charge >= 0.3 is 0 Å².